The first-order valence-corrected chi connectivity index (χ1v) is 9.34. The van der Waals surface area contributed by atoms with Gasteiger partial charge in [-0.25, -0.2) is 9.98 Å². The maximum absolute atomic E-state index is 4.71. The molecule has 1 aromatic carbocycles. The van der Waals surface area contributed by atoms with Crippen LogP contribution in [-0.4, -0.2) is 29.0 Å². The van der Waals surface area contributed by atoms with Crippen molar-refractivity contribution in [3.63, 3.8) is 0 Å². The molecule has 0 saturated heterocycles. The molecule has 3 rings (SSSR count). The maximum atomic E-state index is 4.71. The van der Waals surface area contributed by atoms with E-state index in [1.165, 1.54) is 4.88 Å². The Morgan fingerprint density at radius 2 is 2.00 bits per heavy atom. The second-order valence-corrected chi connectivity index (χ2v) is 7.05. The number of benzene rings is 1. The monoisotopic (exact) mass is 481 g/mol. The van der Waals surface area contributed by atoms with Crippen molar-refractivity contribution < 1.29 is 0 Å². The van der Waals surface area contributed by atoms with Crippen molar-refractivity contribution >= 4 is 52.2 Å². The number of rotatable bonds is 6. The van der Waals surface area contributed by atoms with E-state index in [-0.39, 0.29) is 24.0 Å². The van der Waals surface area contributed by atoms with Crippen LogP contribution in [0.25, 0.3) is 10.9 Å². The third-order valence-corrected chi connectivity index (χ3v) is 4.74. The molecule has 0 radical (unpaired) electrons. The summed E-state index contributed by atoms with van der Waals surface area (Å²) in [6.45, 7) is 6.39. The molecule has 0 saturated carbocycles. The molecule has 138 valence electrons. The van der Waals surface area contributed by atoms with Crippen LogP contribution >= 0.6 is 35.3 Å². The molecule has 5 nitrogen and oxygen atoms in total. The first kappa shape index (κ1) is 20.6. The van der Waals surface area contributed by atoms with Gasteiger partial charge < -0.3 is 10.6 Å². The molecule has 26 heavy (non-hydrogen) atoms. The summed E-state index contributed by atoms with van der Waals surface area (Å²) >= 11 is 1.74. The second-order valence-electron chi connectivity index (χ2n) is 5.73. The number of hydrogen-bond donors (Lipinski definition) is 2. The van der Waals surface area contributed by atoms with E-state index in [1.807, 2.05) is 18.5 Å². The Balaban J connectivity index is 0.00000243. The van der Waals surface area contributed by atoms with E-state index in [0.717, 1.165) is 46.9 Å². The fourth-order valence-electron chi connectivity index (χ4n) is 2.61. The molecular weight excluding hydrogens is 457 g/mol. The molecule has 0 atom stereocenters. The fraction of sp³-hybridized carbons (Fsp3) is 0.316. The van der Waals surface area contributed by atoms with Crippen molar-refractivity contribution in [1.29, 1.82) is 0 Å². The summed E-state index contributed by atoms with van der Waals surface area (Å²) in [6, 6.07) is 10.3. The predicted molar refractivity (Wildman–Crippen MR) is 121 cm³/mol. The van der Waals surface area contributed by atoms with E-state index >= 15 is 0 Å². The van der Waals surface area contributed by atoms with Gasteiger partial charge in [0.05, 0.1) is 17.1 Å². The lowest BCUT2D eigenvalue weighted by molar-refractivity contribution is 0.797. The summed E-state index contributed by atoms with van der Waals surface area (Å²) in [5.41, 5.74) is 2.15. The Morgan fingerprint density at radius 3 is 2.77 bits per heavy atom. The molecule has 2 N–H and O–H groups in total. The molecule has 2 heterocycles. The highest BCUT2D eigenvalue weighted by molar-refractivity contribution is 14.0. The van der Waals surface area contributed by atoms with Crippen LogP contribution in [0, 0.1) is 6.92 Å². The molecule has 0 bridgehead atoms. The van der Waals surface area contributed by atoms with E-state index in [9.17, 15) is 0 Å². The van der Waals surface area contributed by atoms with Gasteiger partial charge in [-0.15, -0.1) is 35.3 Å². The number of pyridine rings is 1. The lowest BCUT2D eigenvalue weighted by atomic mass is 10.1. The highest BCUT2D eigenvalue weighted by atomic mass is 127. The molecule has 0 spiro atoms. The SMILES string of the molecule is CCNC(=NCc1cccc2cccnc12)NCCc1ncc(C)s1.I. The first-order chi connectivity index (χ1) is 12.3. The van der Waals surface area contributed by atoms with Crippen LogP contribution < -0.4 is 10.6 Å². The fourth-order valence-corrected chi connectivity index (χ4v) is 3.39. The van der Waals surface area contributed by atoms with Crippen LogP contribution in [0.2, 0.25) is 0 Å². The van der Waals surface area contributed by atoms with Crippen LogP contribution in [0.15, 0.2) is 47.7 Å². The van der Waals surface area contributed by atoms with Gasteiger partial charge in [-0.1, -0.05) is 24.3 Å². The number of halogens is 1. The van der Waals surface area contributed by atoms with Crippen LogP contribution in [0.1, 0.15) is 22.4 Å². The average molecular weight is 481 g/mol. The molecule has 0 amide bonds. The van der Waals surface area contributed by atoms with Crippen molar-refractivity contribution in [2.75, 3.05) is 13.1 Å². The zero-order valence-electron chi connectivity index (χ0n) is 15.0. The second kappa shape index (κ2) is 10.4. The van der Waals surface area contributed by atoms with Gasteiger partial charge in [0, 0.05) is 42.2 Å². The molecule has 0 unspecified atom stereocenters. The molecule has 0 aliphatic carbocycles. The van der Waals surface area contributed by atoms with Gasteiger partial charge in [-0.3, -0.25) is 4.98 Å². The van der Waals surface area contributed by atoms with Crippen molar-refractivity contribution in [2.24, 2.45) is 4.99 Å². The molecule has 0 aliphatic rings. The summed E-state index contributed by atoms with van der Waals surface area (Å²) in [5, 5.41) is 8.97. The lowest BCUT2D eigenvalue weighted by Gasteiger charge is -2.11. The van der Waals surface area contributed by atoms with E-state index < -0.39 is 0 Å². The minimum absolute atomic E-state index is 0. The first-order valence-electron chi connectivity index (χ1n) is 8.52. The van der Waals surface area contributed by atoms with Gasteiger partial charge >= 0.3 is 0 Å². The largest absolute Gasteiger partial charge is 0.357 e. The highest BCUT2D eigenvalue weighted by Crippen LogP contribution is 2.16. The molecule has 7 heteroatoms. The molecule has 3 aromatic rings. The van der Waals surface area contributed by atoms with Gasteiger partial charge in [0.15, 0.2) is 5.96 Å². The maximum Gasteiger partial charge on any atom is 0.191 e. The molecular formula is C19H24IN5S. The van der Waals surface area contributed by atoms with Crippen LogP contribution in [0.5, 0.6) is 0 Å². The number of fused-ring (bicyclic) bond motifs is 1. The van der Waals surface area contributed by atoms with E-state index in [0.29, 0.717) is 6.54 Å². The van der Waals surface area contributed by atoms with Gasteiger partial charge in [-0.05, 0) is 25.5 Å². The minimum atomic E-state index is 0. The quantitative estimate of drug-likeness (QED) is 0.319. The number of nitrogens with one attached hydrogen (secondary N) is 2. The Bertz CT molecular complexity index is 857. The Labute approximate surface area is 175 Å². The van der Waals surface area contributed by atoms with Gasteiger partial charge in [-0.2, -0.15) is 0 Å². The van der Waals surface area contributed by atoms with Crippen molar-refractivity contribution in [1.82, 2.24) is 20.6 Å². The minimum Gasteiger partial charge on any atom is -0.357 e. The number of nitrogens with zero attached hydrogens (tertiary/aromatic N) is 3. The summed E-state index contributed by atoms with van der Waals surface area (Å²) < 4.78 is 0. The van der Waals surface area contributed by atoms with E-state index in [1.54, 1.807) is 11.3 Å². The number of thiazole rings is 1. The third-order valence-electron chi connectivity index (χ3n) is 3.77. The summed E-state index contributed by atoms with van der Waals surface area (Å²) in [5.74, 6) is 0.823. The highest BCUT2D eigenvalue weighted by Gasteiger charge is 2.03. The predicted octanol–water partition coefficient (Wildman–Crippen LogP) is 3.92. The van der Waals surface area contributed by atoms with Crippen molar-refractivity contribution in [3.8, 4) is 0 Å². The summed E-state index contributed by atoms with van der Waals surface area (Å²) in [7, 11) is 0. The van der Waals surface area contributed by atoms with Gasteiger partial charge in [0.2, 0.25) is 0 Å². The van der Waals surface area contributed by atoms with Crippen LogP contribution in [-0.2, 0) is 13.0 Å². The number of para-hydroxylation sites is 1. The standard InChI is InChI=1S/C19H23N5S.HI/c1-3-20-19(22-11-9-17-23-12-14(2)25-17)24-13-16-7-4-6-15-8-5-10-21-18(15)16;/h4-8,10,12H,3,9,11,13H2,1-2H3,(H2,20,22,24);1H. The summed E-state index contributed by atoms with van der Waals surface area (Å²) in [6.07, 6.45) is 4.65. The number of aliphatic imine (C=N–C) groups is 1. The molecule has 2 aromatic heterocycles. The average Bonchev–Trinajstić information content (AvgIpc) is 3.05. The third kappa shape index (κ3) is 5.63. The van der Waals surface area contributed by atoms with Gasteiger partial charge in [0.1, 0.15) is 0 Å². The van der Waals surface area contributed by atoms with E-state index in [4.69, 9.17) is 4.99 Å². The van der Waals surface area contributed by atoms with E-state index in [2.05, 4.69) is 58.7 Å². The lowest BCUT2D eigenvalue weighted by Crippen LogP contribution is -2.38. The topological polar surface area (TPSA) is 62.2 Å². The molecule has 0 aliphatic heterocycles. The zero-order valence-corrected chi connectivity index (χ0v) is 18.2. The van der Waals surface area contributed by atoms with Crippen LogP contribution in [0.3, 0.4) is 0 Å². The normalized spacial score (nSPS) is 11.2. The molecule has 0 fully saturated rings. The number of hydrogen-bond acceptors (Lipinski definition) is 4. The van der Waals surface area contributed by atoms with Gasteiger partial charge in [0.25, 0.3) is 0 Å². The van der Waals surface area contributed by atoms with Crippen molar-refractivity contribution in [2.45, 2.75) is 26.8 Å². The number of aromatic nitrogens is 2. The van der Waals surface area contributed by atoms with Crippen LogP contribution in [0.4, 0.5) is 0 Å². The smallest absolute Gasteiger partial charge is 0.191 e. The Hall–Kier alpha value is -1.74. The van der Waals surface area contributed by atoms with Crippen molar-refractivity contribution in [3.05, 3.63) is 58.2 Å². The Morgan fingerprint density at radius 1 is 1.15 bits per heavy atom. The number of guanidine groups is 1. The Kier molecular flexibility index (Phi) is 8.24. The zero-order chi connectivity index (χ0) is 17.5. The summed E-state index contributed by atoms with van der Waals surface area (Å²) in [4.78, 5) is 14.8. The number of aryl methyl sites for hydroxylation is 1.